The first-order valence-corrected chi connectivity index (χ1v) is 9.96. The summed E-state index contributed by atoms with van der Waals surface area (Å²) in [7, 11) is 1.85. The molecule has 4 rings (SSSR count). The van der Waals surface area contributed by atoms with Crippen molar-refractivity contribution in [3.05, 3.63) is 78.1 Å². The lowest BCUT2D eigenvalue weighted by molar-refractivity contribution is 0.102. The smallest absolute Gasteiger partial charge is 0.275 e. The molecular formula is C20H16N4OS2. The maximum atomic E-state index is 12.7. The second-order valence-electron chi connectivity index (χ2n) is 5.81. The summed E-state index contributed by atoms with van der Waals surface area (Å²) in [6.07, 6.45) is 3.62. The van der Waals surface area contributed by atoms with Gasteiger partial charge in [-0.05, 0) is 24.3 Å². The minimum atomic E-state index is -0.220. The van der Waals surface area contributed by atoms with Gasteiger partial charge in [-0.2, -0.15) is 5.10 Å². The zero-order valence-electron chi connectivity index (χ0n) is 14.5. The van der Waals surface area contributed by atoms with Crippen molar-refractivity contribution in [3.8, 4) is 10.6 Å². The van der Waals surface area contributed by atoms with E-state index in [4.69, 9.17) is 0 Å². The molecule has 0 radical (unpaired) electrons. The van der Waals surface area contributed by atoms with E-state index in [0.29, 0.717) is 5.69 Å². The molecule has 0 bridgehead atoms. The summed E-state index contributed by atoms with van der Waals surface area (Å²) in [5.74, 6) is -0.220. The Bertz CT molecular complexity index is 1070. The molecule has 0 fully saturated rings. The molecule has 0 saturated carbocycles. The Morgan fingerprint density at radius 1 is 1.11 bits per heavy atom. The number of para-hydroxylation sites is 1. The number of carbonyl (C=O) groups is 1. The Kier molecular flexibility index (Phi) is 5.04. The summed E-state index contributed by atoms with van der Waals surface area (Å²) in [6.45, 7) is 0. The van der Waals surface area contributed by atoms with Crippen LogP contribution in [0.4, 0.5) is 5.69 Å². The van der Waals surface area contributed by atoms with Crippen molar-refractivity contribution in [1.29, 1.82) is 0 Å². The van der Waals surface area contributed by atoms with Crippen molar-refractivity contribution in [2.45, 2.75) is 9.79 Å². The van der Waals surface area contributed by atoms with E-state index < -0.39 is 0 Å². The third kappa shape index (κ3) is 4.10. The average molecular weight is 393 g/mol. The molecule has 0 unspecified atom stereocenters. The maximum absolute atomic E-state index is 12.7. The van der Waals surface area contributed by atoms with Gasteiger partial charge in [0.1, 0.15) is 10.7 Å². The Labute approximate surface area is 165 Å². The molecule has 5 nitrogen and oxygen atoms in total. The molecule has 1 N–H and O–H groups in total. The standard InChI is InChI=1S/C20H16N4OS2/c1-24-12-14(11-21-24)20-23-17(13-26-20)19(25)22-16-9-5-6-10-18(16)27-15-7-3-2-4-8-15/h2-13H,1H3,(H,22,25). The molecule has 27 heavy (non-hydrogen) atoms. The Balaban J connectivity index is 1.53. The molecule has 0 saturated heterocycles. The highest BCUT2D eigenvalue weighted by molar-refractivity contribution is 7.99. The lowest BCUT2D eigenvalue weighted by Gasteiger charge is -2.09. The van der Waals surface area contributed by atoms with Gasteiger partial charge in [-0.3, -0.25) is 9.48 Å². The van der Waals surface area contributed by atoms with Crippen LogP contribution in [-0.2, 0) is 7.05 Å². The highest BCUT2D eigenvalue weighted by atomic mass is 32.2. The number of anilines is 1. The van der Waals surface area contributed by atoms with E-state index in [2.05, 4.69) is 15.4 Å². The first-order chi connectivity index (χ1) is 13.2. The van der Waals surface area contributed by atoms with Crippen LogP contribution in [0.25, 0.3) is 10.6 Å². The van der Waals surface area contributed by atoms with Crippen LogP contribution in [0.2, 0.25) is 0 Å². The summed E-state index contributed by atoms with van der Waals surface area (Å²) < 4.78 is 1.72. The van der Waals surface area contributed by atoms with Crippen LogP contribution in [0.1, 0.15) is 10.5 Å². The fraction of sp³-hybridized carbons (Fsp3) is 0.0500. The van der Waals surface area contributed by atoms with E-state index in [1.807, 2.05) is 67.8 Å². The van der Waals surface area contributed by atoms with Gasteiger partial charge in [0.2, 0.25) is 0 Å². The molecular weight excluding hydrogens is 376 g/mol. The lowest BCUT2D eigenvalue weighted by atomic mass is 10.3. The lowest BCUT2D eigenvalue weighted by Crippen LogP contribution is -2.12. The number of hydrogen-bond donors (Lipinski definition) is 1. The first kappa shape index (κ1) is 17.5. The zero-order chi connectivity index (χ0) is 18.6. The molecule has 0 spiro atoms. The van der Waals surface area contributed by atoms with E-state index in [9.17, 15) is 4.79 Å². The number of thiazole rings is 1. The summed E-state index contributed by atoms with van der Waals surface area (Å²) in [5, 5.41) is 9.67. The van der Waals surface area contributed by atoms with E-state index in [-0.39, 0.29) is 5.91 Å². The highest BCUT2D eigenvalue weighted by Gasteiger charge is 2.14. The number of nitrogens with one attached hydrogen (secondary N) is 1. The number of hydrogen-bond acceptors (Lipinski definition) is 5. The second kappa shape index (κ2) is 7.77. The van der Waals surface area contributed by atoms with Crippen molar-refractivity contribution in [1.82, 2.24) is 14.8 Å². The van der Waals surface area contributed by atoms with Gasteiger partial charge in [0.25, 0.3) is 5.91 Å². The van der Waals surface area contributed by atoms with Gasteiger partial charge in [-0.25, -0.2) is 4.98 Å². The van der Waals surface area contributed by atoms with Crippen LogP contribution in [0, 0.1) is 0 Å². The molecule has 2 heterocycles. The topological polar surface area (TPSA) is 59.8 Å². The number of benzene rings is 2. The fourth-order valence-corrected chi connectivity index (χ4v) is 4.20. The highest BCUT2D eigenvalue weighted by Crippen LogP contribution is 2.33. The molecule has 0 aliphatic carbocycles. The van der Waals surface area contributed by atoms with E-state index in [1.54, 1.807) is 28.0 Å². The predicted molar refractivity (Wildman–Crippen MR) is 109 cm³/mol. The first-order valence-electron chi connectivity index (χ1n) is 8.27. The predicted octanol–water partition coefficient (Wildman–Crippen LogP) is 4.95. The number of carbonyl (C=O) groups excluding carboxylic acids is 1. The quantitative estimate of drug-likeness (QED) is 0.522. The zero-order valence-corrected chi connectivity index (χ0v) is 16.1. The summed E-state index contributed by atoms with van der Waals surface area (Å²) >= 11 is 3.04. The number of nitrogens with zero attached hydrogens (tertiary/aromatic N) is 3. The van der Waals surface area contributed by atoms with Gasteiger partial charge in [0, 0.05) is 34.0 Å². The normalized spacial score (nSPS) is 10.7. The SMILES string of the molecule is Cn1cc(-c2nc(C(=O)Nc3ccccc3Sc3ccccc3)cs2)cn1. The molecule has 2 aromatic carbocycles. The second-order valence-corrected chi connectivity index (χ2v) is 7.78. The monoisotopic (exact) mass is 392 g/mol. The van der Waals surface area contributed by atoms with Crippen molar-refractivity contribution in [3.63, 3.8) is 0 Å². The van der Waals surface area contributed by atoms with Crippen LogP contribution < -0.4 is 5.32 Å². The Morgan fingerprint density at radius 3 is 2.67 bits per heavy atom. The molecule has 4 aromatic rings. The molecule has 7 heteroatoms. The molecule has 1 amide bonds. The van der Waals surface area contributed by atoms with E-state index in [1.165, 1.54) is 11.3 Å². The minimum absolute atomic E-state index is 0.220. The average Bonchev–Trinajstić information content (AvgIpc) is 3.33. The van der Waals surface area contributed by atoms with E-state index in [0.717, 1.165) is 26.0 Å². The van der Waals surface area contributed by atoms with Crippen LogP contribution in [0.3, 0.4) is 0 Å². The molecule has 0 atom stereocenters. The molecule has 0 aliphatic heterocycles. The van der Waals surface area contributed by atoms with Gasteiger partial charge in [0.05, 0.1) is 11.9 Å². The van der Waals surface area contributed by atoms with Crippen LogP contribution in [-0.4, -0.2) is 20.7 Å². The van der Waals surface area contributed by atoms with Gasteiger partial charge in [0.15, 0.2) is 0 Å². The summed E-state index contributed by atoms with van der Waals surface area (Å²) in [5.41, 5.74) is 2.08. The van der Waals surface area contributed by atoms with Gasteiger partial charge in [-0.15, -0.1) is 11.3 Å². The van der Waals surface area contributed by atoms with Crippen molar-refractivity contribution < 1.29 is 4.79 Å². The molecule has 134 valence electrons. The van der Waals surface area contributed by atoms with E-state index >= 15 is 0 Å². The number of aryl methyl sites for hydroxylation is 1. The number of rotatable bonds is 5. The maximum Gasteiger partial charge on any atom is 0.275 e. The van der Waals surface area contributed by atoms with Gasteiger partial charge < -0.3 is 5.32 Å². The van der Waals surface area contributed by atoms with Crippen LogP contribution in [0.15, 0.2) is 82.2 Å². The van der Waals surface area contributed by atoms with Crippen molar-refractivity contribution in [2.75, 3.05) is 5.32 Å². The summed E-state index contributed by atoms with van der Waals surface area (Å²) in [6, 6.07) is 17.8. The number of aromatic nitrogens is 3. The fourth-order valence-electron chi connectivity index (χ4n) is 2.50. The summed E-state index contributed by atoms with van der Waals surface area (Å²) in [4.78, 5) is 19.2. The van der Waals surface area contributed by atoms with Crippen molar-refractivity contribution in [2.24, 2.45) is 7.05 Å². The Hall–Kier alpha value is -2.90. The largest absolute Gasteiger partial charge is 0.320 e. The van der Waals surface area contributed by atoms with Gasteiger partial charge in [-0.1, -0.05) is 42.1 Å². The molecule has 2 aromatic heterocycles. The van der Waals surface area contributed by atoms with Gasteiger partial charge >= 0.3 is 0 Å². The van der Waals surface area contributed by atoms with Crippen LogP contribution >= 0.6 is 23.1 Å². The third-order valence-electron chi connectivity index (χ3n) is 3.79. The number of amides is 1. The third-order valence-corrected chi connectivity index (χ3v) is 5.77. The minimum Gasteiger partial charge on any atom is -0.320 e. The Morgan fingerprint density at radius 2 is 1.89 bits per heavy atom. The van der Waals surface area contributed by atoms with Crippen LogP contribution in [0.5, 0.6) is 0 Å². The van der Waals surface area contributed by atoms with Crippen molar-refractivity contribution >= 4 is 34.7 Å². The molecule has 0 aliphatic rings.